The predicted molar refractivity (Wildman–Crippen MR) is 73.3 cm³/mol. The van der Waals surface area contributed by atoms with E-state index in [2.05, 4.69) is 4.90 Å². The molecular weight excluding hydrogens is 266 g/mol. The second-order valence-corrected chi connectivity index (χ2v) is 5.59. The van der Waals surface area contributed by atoms with E-state index in [1.54, 1.807) is 18.2 Å². The van der Waals surface area contributed by atoms with Gasteiger partial charge in [-0.15, -0.1) is 0 Å². The van der Waals surface area contributed by atoms with Crippen LogP contribution in [0.5, 0.6) is 5.75 Å². The van der Waals surface area contributed by atoms with E-state index in [0.717, 1.165) is 12.1 Å². The number of phenolic OH excluding ortho intramolecular Hbond substituents is 1. The molecule has 0 saturated carbocycles. The Balaban J connectivity index is 2.04. The second kappa shape index (κ2) is 5.80. The summed E-state index contributed by atoms with van der Waals surface area (Å²) in [4.78, 5) is 13.2. The van der Waals surface area contributed by atoms with Gasteiger partial charge in [0, 0.05) is 23.2 Å². The van der Waals surface area contributed by atoms with Gasteiger partial charge in [-0.25, -0.2) is 0 Å². The van der Waals surface area contributed by atoms with Crippen molar-refractivity contribution in [3.05, 3.63) is 28.8 Å². The average molecular weight is 284 g/mol. The quantitative estimate of drug-likeness (QED) is 0.895. The minimum absolute atomic E-state index is 0.188. The van der Waals surface area contributed by atoms with E-state index in [1.807, 2.05) is 6.92 Å². The SMILES string of the molecule is CC1CC(C(=O)O)CCN1Cc1cc(Cl)ccc1O. The van der Waals surface area contributed by atoms with Gasteiger partial charge in [-0.1, -0.05) is 11.6 Å². The number of hydrogen-bond donors (Lipinski definition) is 2. The summed E-state index contributed by atoms with van der Waals surface area (Å²) in [5.74, 6) is -0.728. The monoisotopic (exact) mass is 283 g/mol. The van der Waals surface area contributed by atoms with Gasteiger partial charge in [0.1, 0.15) is 5.75 Å². The number of rotatable bonds is 3. The van der Waals surface area contributed by atoms with Crippen molar-refractivity contribution in [2.24, 2.45) is 5.92 Å². The molecule has 1 heterocycles. The number of hydrogen-bond acceptors (Lipinski definition) is 3. The summed E-state index contributed by atoms with van der Waals surface area (Å²) in [5, 5.41) is 19.4. The van der Waals surface area contributed by atoms with Crippen molar-refractivity contribution in [3.8, 4) is 5.75 Å². The Bertz CT molecular complexity index is 478. The molecule has 1 aliphatic rings. The van der Waals surface area contributed by atoms with Gasteiger partial charge in [0.25, 0.3) is 0 Å². The third kappa shape index (κ3) is 3.39. The highest BCUT2D eigenvalue weighted by Crippen LogP contribution is 2.28. The molecule has 2 rings (SSSR count). The normalized spacial score (nSPS) is 24.3. The fourth-order valence-corrected chi connectivity index (χ4v) is 2.77. The van der Waals surface area contributed by atoms with Crippen LogP contribution in [0.1, 0.15) is 25.3 Å². The highest BCUT2D eigenvalue weighted by Gasteiger charge is 2.29. The van der Waals surface area contributed by atoms with Crippen LogP contribution in [0.2, 0.25) is 5.02 Å². The van der Waals surface area contributed by atoms with E-state index < -0.39 is 5.97 Å². The number of benzene rings is 1. The molecule has 1 fully saturated rings. The lowest BCUT2D eigenvalue weighted by molar-refractivity contribution is -0.144. The highest BCUT2D eigenvalue weighted by molar-refractivity contribution is 6.30. The Kier molecular flexibility index (Phi) is 4.32. The zero-order valence-corrected chi connectivity index (χ0v) is 11.6. The van der Waals surface area contributed by atoms with Crippen molar-refractivity contribution >= 4 is 17.6 Å². The molecule has 1 aliphatic heterocycles. The van der Waals surface area contributed by atoms with Crippen molar-refractivity contribution in [3.63, 3.8) is 0 Å². The standard InChI is InChI=1S/C14H18ClNO3/c1-9-6-10(14(18)19)4-5-16(9)8-11-7-12(15)2-3-13(11)17/h2-3,7,9-10,17H,4-6,8H2,1H3,(H,18,19). The van der Waals surface area contributed by atoms with Crippen LogP contribution in [-0.4, -0.2) is 33.7 Å². The number of carbonyl (C=O) groups is 1. The van der Waals surface area contributed by atoms with Crippen LogP contribution < -0.4 is 0 Å². The third-order valence-corrected chi connectivity index (χ3v) is 4.01. The van der Waals surface area contributed by atoms with E-state index in [9.17, 15) is 9.90 Å². The van der Waals surface area contributed by atoms with Crippen LogP contribution in [0.4, 0.5) is 0 Å². The first kappa shape index (κ1) is 14.2. The first-order chi connectivity index (χ1) is 8.97. The van der Waals surface area contributed by atoms with Crippen molar-refractivity contribution < 1.29 is 15.0 Å². The third-order valence-electron chi connectivity index (χ3n) is 3.78. The number of carboxylic acids is 1. The van der Waals surface area contributed by atoms with Gasteiger partial charge in [-0.2, -0.15) is 0 Å². The maximum absolute atomic E-state index is 11.0. The first-order valence-corrected chi connectivity index (χ1v) is 6.79. The summed E-state index contributed by atoms with van der Waals surface area (Å²) < 4.78 is 0. The second-order valence-electron chi connectivity index (χ2n) is 5.15. The number of phenols is 1. The zero-order valence-electron chi connectivity index (χ0n) is 10.8. The lowest BCUT2D eigenvalue weighted by Crippen LogP contribution is -2.42. The number of piperidine rings is 1. The Morgan fingerprint density at radius 1 is 1.53 bits per heavy atom. The van der Waals surface area contributed by atoms with Gasteiger partial charge in [0.2, 0.25) is 0 Å². The summed E-state index contributed by atoms with van der Waals surface area (Å²) in [6, 6.07) is 5.19. The molecule has 104 valence electrons. The van der Waals surface area contributed by atoms with Crippen molar-refractivity contribution in [1.82, 2.24) is 4.90 Å². The molecule has 0 aromatic heterocycles. The van der Waals surface area contributed by atoms with Crippen LogP contribution in [0, 0.1) is 5.92 Å². The molecule has 0 spiro atoms. The summed E-state index contributed by atoms with van der Waals surface area (Å²) >= 11 is 5.93. The largest absolute Gasteiger partial charge is 0.508 e. The molecule has 2 atom stereocenters. The molecule has 4 nitrogen and oxygen atoms in total. The van der Waals surface area contributed by atoms with Crippen LogP contribution in [0.25, 0.3) is 0 Å². The van der Waals surface area contributed by atoms with Gasteiger partial charge in [-0.05, 0) is 44.5 Å². The lowest BCUT2D eigenvalue weighted by Gasteiger charge is -2.36. The fraction of sp³-hybridized carbons (Fsp3) is 0.500. The Morgan fingerprint density at radius 2 is 2.26 bits per heavy atom. The molecular formula is C14H18ClNO3. The van der Waals surface area contributed by atoms with Gasteiger partial charge in [-0.3, -0.25) is 9.69 Å². The molecule has 2 unspecified atom stereocenters. The zero-order chi connectivity index (χ0) is 14.0. The summed E-state index contributed by atoms with van der Waals surface area (Å²) in [6.45, 7) is 3.35. The minimum atomic E-state index is -0.711. The van der Waals surface area contributed by atoms with E-state index in [0.29, 0.717) is 24.4 Å². The molecule has 1 aromatic rings. The number of likely N-dealkylation sites (tertiary alicyclic amines) is 1. The smallest absolute Gasteiger partial charge is 0.306 e. The van der Waals surface area contributed by atoms with Gasteiger partial charge < -0.3 is 10.2 Å². The Labute approximate surface area is 117 Å². The number of aliphatic carboxylic acids is 1. The van der Waals surface area contributed by atoms with Gasteiger partial charge in [0.15, 0.2) is 0 Å². The van der Waals surface area contributed by atoms with Gasteiger partial charge in [0.05, 0.1) is 5.92 Å². The summed E-state index contributed by atoms with van der Waals surface area (Å²) in [6.07, 6.45) is 1.30. The summed E-state index contributed by atoms with van der Waals surface area (Å²) in [7, 11) is 0. The van der Waals surface area contributed by atoms with E-state index in [1.165, 1.54) is 0 Å². The lowest BCUT2D eigenvalue weighted by atomic mass is 9.91. The van der Waals surface area contributed by atoms with Gasteiger partial charge >= 0.3 is 5.97 Å². The van der Waals surface area contributed by atoms with Crippen LogP contribution in [0.15, 0.2) is 18.2 Å². The highest BCUT2D eigenvalue weighted by atomic mass is 35.5. The summed E-state index contributed by atoms with van der Waals surface area (Å²) in [5.41, 5.74) is 0.785. The van der Waals surface area contributed by atoms with Crippen molar-refractivity contribution in [1.29, 1.82) is 0 Å². The van der Waals surface area contributed by atoms with Crippen LogP contribution in [0.3, 0.4) is 0 Å². The number of carboxylic acid groups (broad SMARTS) is 1. The minimum Gasteiger partial charge on any atom is -0.508 e. The molecule has 5 heteroatoms. The molecule has 0 amide bonds. The molecule has 0 radical (unpaired) electrons. The molecule has 1 saturated heterocycles. The molecule has 2 N–H and O–H groups in total. The molecule has 0 bridgehead atoms. The Hall–Kier alpha value is -1.26. The Morgan fingerprint density at radius 3 is 2.89 bits per heavy atom. The predicted octanol–water partition coefficient (Wildman–Crippen LogP) is 2.73. The van der Waals surface area contributed by atoms with Crippen LogP contribution >= 0.6 is 11.6 Å². The van der Waals surface area contributed by atoms with E-state index >= 15 is 0 Å². The van der Waals surface area contributed by atoms with Crippen molar-refractivity contribution in [2.75, 3.05) is 6.54 Å². The van der Waals surface area contributed by atoms with E-state index in [-0.39, 0.29) is 17.7 Å². The molecule has 19 heavy (non-hydrogen) atoms. The number of aromatic hydroxyl groups is 1. The number of halogens is 1. The van der Waals surface area contributed by atoms with E-state index in [4.69, 9.17) is 16.7 Å². The number of nitrogens with zero attached hydrogens (tertiary/aromatic N) is 1. The maximum Gasteiger partial charge on any atom is 0.306 e. The first-order valence-electron chi connectivity index (χ1n) is 6.41. The maximum atomic E-state index is 11.0. The fourth-order valence-electron chi connectivity index (χ4n) is 2.58. The molecule has 1 aromatic carbocycles. The topological polar surface area (TPSA) is 60.8 Å². The average Bonchev–Trinajstić information content (AvgIpc) is 2.36. The van der Waals surface area contributed by atoms with Crippen molar-refractivity contribution in [2.45, 2.75) is 32.4 Å². The van der Waals surface area contributed by atoms with Crippen LogP contribution in [-0.2, 0) is 11.3 Å². The molecule has 0 aliphatic carbocycles.